The Labute approximate surface area is 91.4 Å². The number of halogens is 4. The minimum absolute atomic E-state index is 0.353. The summed E-state index contributed by atoms with van der Waals surface area (Å²) in [5.74, 6) is 0. The van der Waals surface area contributed by atoms with Crippen molar-refractivity contribution in [1.82, 2.24) is 0 Å². The predicted molar refractivity (Wildman–Crippen MR) is 54.3 cm³/mol. The molecule has 12 heavy (non-hydrogen) atoms. The van der Waals surface area contributed by atoms with Gasteiger partial charge in [-0.15, -0.1) is 0 Å². The highest BCUT2D eigenvalue weighted by molar-refractivity contribution is 6.67. The van der Waals surface area contributed by atoms with Crippen molar-refractivity contribution in [3.8, 4) is 0 Å². The minimum atomic E-state index is -1.26. The molecule has 0 aromatic heterocycles. The van der Waals surface area contributed by atoms with E-state index in [1.165, 1.54) is 0 Å². The third-order valence-corrected chi connectivity index (χ3v) is 1.85. The lowest BCUT2D eigenvalue weighted by Crippen LogP contribution is -2.06. The summed E-state index contributed by atoms with van der Waals surface area (Å²) in [5.41, 5.74) is 0.888. The fourth-order valence-electron chi connectivity index (χ4n) is 0.822. The predicted octanol–water partition coefficient (Wildman–Crippen LogP) is 4.05. The highest BCUT2D eigenvalue weighted by atomic mass is 35.6. The first-order valence-electron chi connectivity index (χ1n) is 3.20. The molecular formula is C8H5Cl4. The Morgan fingerprint density at radius 3 is 2.50 bits per heavy atom. The van der Waals surface area contributed by atoms with Crippen molar-refractivity contribution in [2.24, 2.45) is 0 Å². The lowest BCUT2D eigenvalue weighted by atomic mass is 10.2. The average Bonchev–Trinajstić information content (AvgIpc) is 1.82. The van der Waals surface area contributed by atoms with Gasteiger partial charge in [-0.2, -0.15) is 0 Å². The van der Waals surface area contributed by atoms with E-state index in [4.69, 9.17) is 46.4 Å². The zero-order valence-electron chi connectivity index (χ0n) is 5.95. The smallest absolute Gasteiger partial charge is 0.0837 e. The Hall–Kier alpha value is 0.380. The molecule has 1 rings (SSSR count). The van der Waals surface area contributed by atoms with E-state index in [1.54, 1.807) is 12.1 Å². The lowest BCUT2D eigenvalue weighted by molar-refractivity contribution is 1.02. The van der Waals surface area contributed by atoms with Gasteiger partial charge in [0.1, 0.15) is 0 Å². The zero-order valence-corrected chi connectivity index (χ0v) is 8.97. The Bertz CT molecular complexity index is 264. The fraction of sp³-hybridized carbons (Fsp3) is 0.250. The maximum Gasteiger partial charge on any atom is 0.194 e. The molecule has 0 N–H and O–H groups in total. The summed E-state index contributed by atoms with van der Waals surface area (Å²) in [6, 6.07) is 8.03. The molecule has 0 unspecified atom stereocenters. The minimum Gasteiger partial charge on any atom is -0.0837 e. The second-order valence-corrected chi connectivity index (χ2v) is 5.26. The van der Waals surface area contributed by atoms with Crippen LogP contribution in [0, 0.1) is 6.07 Å². The van der Waals surface area contributed by atoms with E-state index in [1.807, 2.05) is 6.07 Å². The average molecular weight is 243 g/mol. The maximum atomic E-state index is 5.69. The van der Waals surface area contributed by atoms with Crippen molar-refractivity contribution >= 4 is 46.4 Å². The highest BCUT2D eigenvalue weighted by Gasteiger charge is 2.19. The Morgan fingerprint density at radius 1 is 1.33 bits per heavy atom. The molecule has 1 radical (unpaired) electrons. The van der Waals surface area contributed by atoms with Gasteiger partial charge >= 0.3 is 0 Å². The molecule has 0 aliphatic carbocycles. The van der Waals surface area contributed by atoms with Gasteiger partial charge in [-0.1, -0.05) is 58.5 Å². The SMILES string of the molecule is Clc1[c]ccc(CC(Cl)(Cl)Cl)c1. The van der Waals surface area contributed by atoms with Crippen LogP contribution in [0.4, 0.5) is 0 Å². The topological polar surface area (TPSA) is 0 Å². The summed E-state index contributed by atoms with van der Waals surface area (Å²) in [6.45, 7) is 0. The van der Waals surface area contributed by atoms with Crippen LogP contribution in [-0.4, -0.2) is 3.79 Å². The van der Waals surface area contributed by atoms with Crippen LogP contribution < -0.4 is 0 Å². The van der Waals surface area contributed by atoms with E-state index < -0.39 is 3.79 Å². The molecule has 0 spiro atoms. The summed E-state index contributed by atoms with van der Waals surface area (Å²) >= 11 is 22.5. The van der Waals surface area contributed by atoms with Crippen LogP contribution in [0.1, 0.15) is 5.56 Å². The number of hydrogen-bond acceptors (Lipinski definition) is 0. The summed E-state index contributed by atoms with van der Waals surface area (Å²) in [4.78, 5) is 0. The van der Waals surface area contributed by atoms with Gasteiger partial charge < -0.3 is 0 Å². The molecule has 0 saturated carbocycles. The van der Waals surface area contributed by atoms with Crippen molar-refractivity contribution in [3.63, 3.8) is 0 Å². The molecule has 0 bridgehead atoms. The van der Waals surface area contributed by atoms with Crippen LogP contribution in [0.25, 0.3) is 0 Å². The normalized spacial score (nSPS) is 11.7. The summed E-state index contributed by atoms with van der Waals surface area (Å²) in [6.07, 6.45) is 0.353. The van der Waals surface area contributed by atoms with Crippen molar-refractivity contribution in [1.29, 1.82) is 0 Å². The van der Waals surface area contributed by atoms with Crippen molar-refractivity contribution in [3.05, 3.63) is 34.9 Å². The monoisotopic (exact) mass is 241 g/mol. The second kappa shape index (κ2) is 4.06. The van der Waals surface area contributed by atoms with Crippen molar-refractivity contribution in [2.75, 3.05) is 0 Å². The van der Waals surface area contributed by atoms with Crippen LogP contribution in [0.3, 0.4) is 0 Å². The van der Waals surface area contributed by atoms with Gasteiger partial charge in [0.15, 0.2) is 3.79 Å². The first-order valence-corrected chi connectivity index (χ1v) is 4.71. The van der Waals surface area contributed by atoms with Crippen molar-refractivity contribution in [2.45, 2.75) is 10.2 Å². The number of hydrogen-bond donors (Lipinski definition) is 0. The molecule has 4 heteroatoms. The van der Waals surface area contributed by atoms with Gasteiger partial charge in [0, 0.05) is 17.5 Å². The standard InChI is InChI=1S/C8H5Cl4/c9-7-3-1-2-6(4-7)5-8(10,11)12/h1-2,4H,5H2. The van der Waals surface area contributed by atoms with Crippen LogP contribution in [0.5, 0.6) is 0 Å². The summed E-state index contributed by atoms with van der Waals surface area (Å²) in [7, 11) is 0. The number of benzene rings is 1. The Morgan fingerprint density at radius 2 is 2.00 bits per heavy atom. The zero-order chi connectivity index (χ0) is 9.19. The van der Waals surface area contributed by atoms with Gasteiger partial charge in [0.05, 0.1) is 0 Å². The quantitative estimate of drug-likeness (QED) is 0.652. The first-order chi connectivity index (χ1) is 5.47. The maximum absolute atomic E-state index is 5.69. The Balaban J connectivity index is 2.77. The molecule has 0 aliphatic rings. The van der Waals surface area contributed by atoms with E-state index in [2.05, 4.69) is 6.07 Å². The fourth-order valence-corrected chi connectivity index (χ4v) is 1.49. The van der Waals surface area contributed by atoms with E-state index in [0.717, 1.165) is 5.56 Å². The molecule has 0 nitrogen and oxygen atoms in total. The largest absolute Gasteiger partial charge is 0.194 e. The van der Waals surface area contributed by atoms with Gasteiger partial charge in [-0.05, 0) is 11.6 Å². The van der Waals surface area contributed by atoms with Crippen LogP contribution in [0.2, 0.25) is 5.02 Å². The van der Waals surface area contributed by atoms with E-state index in [-0.39, 0.29) is 0 Å². The van der Waals surface area contributed by atoms with E-state index in [9.17, 15) is 0 Å². The van der Waals surface area contributed by atoms with Gasteiger partial charge in [0.2, 0.25) is 0 Å². The van der Waals surface area contributed by atoms with E-state index >= 15 is 0 Å². The van der Waals surface area contributed by atoms with Crippen molar-refractivity contribution < 1.29 is 0 Å². The van der Waals surface area contributed by atoms with Crippen LogP contribution in [0.15, 0.2) is 18.2 Å². The van der Waals surface area contributed by atoms with Gasteiger partial charge in [-0.3, -0.25) is 0 Å². The molecule has 0 heterocycles. The summed E-state index contributed by atoms with van der Waals surface area (Å²) in [5, 5.41) is 0.529. The van der Waals surface area contributed by atoms with Crippen LogP contribution >= 0.6 is 46.4 Å². The lowest BCUT2D eigenvalue weighted by Gasteiger charge is -2.09. The molecule has 1 aromatic carbocycles. The van der Waals surface area contributed by atoms with Gasteiger partial charge in [-0.25, -0.2) is 0 Å². The third-order valence-electron chi connectivity index (χ3n) is 1.24. The molecule has 0 atom stereocenters. The second-order valence-electron chi connectivity index (χ2n) is 2.34. The van der Waals surface area contributed by atoms with Crippen LogP contribution in [-0.2, 0) is 6.42 Å². The Kier molecular flexibility index (Phi) is 3.54. The molecule has 0 amide bonds. The molecule has 65 valence electrons. The molecule has 0 saturated heterocycles. The molecule has 1 aromatic rings. The third kappa shape index (κ3) is 3.86. The number of rotatable bonds is 1. The molecule has 0 aliphatic heterocycles. The number of alkyl halides is 3. The summed E-state index contributed by atoms with van der Waals surface area (Å²) < 4.78 is -1.26. The molecular weight excluding hydrogens is 238 g/mol. The van der Waals surface area contributed by atoms with Gasteiger partial charge in [0.25, 0.3) is 0 Å². The molecule has 0 fully saturated rings. The van der Waals surface area contributed by atoms with E-state index in [0.29, 0.717) is 11.4 Å². The first kappa shape index (κ1) is 10.5. The highest BCUT2D eigenvalue weighted by Crippen LogP contribution is 2.30.